The lowest BCUT2D eigenvalue weighted by Gasteiger charge is -2.40. The molecule has 1 amide bonds. The third-order valence-corrected chi connectivity index (χ3v) is 12.4. The van der Waals surface area contributed by atoms with Crippen molar-refractivity contribution in [3.05, 3.63) is 0 Å². The van der Waals surface area contributed by atoms with Gasteiger partial charge < -0.3 is 50.5 Å². The first-order valence-electron chi connectivity index (χ1n) is 24.9. The Balaban J connectivity index is 2.31. The summed E-state index contributed by atoms with van der Waals surface area (Å²) in [6.45, 7) is 3.43. The first-order valence-corrected chi connectivity index (χ1v) is 24.9. The highest BCUT2D eigenvalue weighted by atomic mass is 16.7. The molecule has 9 unspecified atom stereocenters. The van der Waals surface area contributed by atoms with Crippen LogP contribution in [0.3, 0.4) is 0 Å². The molecule has 8 N–H and O–H groups in total. The van der Waals surface area contributed by atoms with Crippen molar-refractivity contribution in [1.29, 1.82) is 0 Å². The Labute approximate surface area is 360 Å². The molecule has 1 aliphatic rings. The zero-order valence-electron chi connectivity index (χ0n) is 38.0. The van der Waals surface area contributed by atoms with E-state index in [2.05, 4.69) is 19.2 Å². The third kappa shape index (κ3) is 28.4. The van der Waals surface area contributed by atoms with Gasteiger partial charge in [0, 0.05) is 0 Å². The van der Waals surface area contributed by atoms with E-state index in [0.29, 0.717) is 19.3 Å². The summed E-state index contributed by atoms with van der Waals surface area (Å²) in [5, 5.41) is 75.6. The van der Waals surface area contributed by atoms with Gasteiger partial charge in [-0.3, -0.25) is 4.79 Å². The molecule has 0 spiro atoms. The lowest BCUT2D eigenvalue weighted by atomic mass is 9.98. The second-order valence-electron chi connectivity index (χ2n) is 17.9. The van der Waals surface area contributed by atoms with Gasteiger partial charge in [-0.15, -0.1) is 0 Å². The molecule has 1 heterocycles. The Morgan fingerprint density at radius 3 is 1.25 bits per heavy atom. The molecule has 0 bridgehead atoms. The minimum absolute atomic E-state index is 0.264. The standard InChI is InChI=1S/C48H95NO10/c1-3-5-7-9-11-13-14-15-16-17-18-19-20-21-22-23-24-25-26-28-29-31-33-35-40(51)43(53)39(38-58-48-46(56)45(55)44(54)42(37-50)59-48)49-47(57)41(52)36-34-32-30-27-12-10-8-6-4-2/h39-46,48,50-56H,3-38H2,1-2H3,(H,49,57). The van der Waals surface area contributed by atoms with E-state index in [0.717, 1.165) is 38.5 Å². The maximum absolute atomic E-state index is 13.0. The van der Waals surface area contributed by atoms with Crippen LogP contribution in [0.15, 0.2) is 0 Å². The zero-order valence-corrected chi connectivity index (χ0v) is 38.0. The third-order valence-electron chi connectivity index (χ3n) is 12.4. The van der Waals surface area contributed by atoms with Crippen LogP contribution in [0.1, 0.15) is 232 Å². The molecule has 0 aromatic rings. The number of aliphatic hydroxyl groups is 7. The van der Waals surface area contributed by atoms with Gasteiger partial charge >= 0.3 is 0 Å². The topological polar surface area (TPSA) is 189 Å². The molecule has 9 atom stereocenters. The Morgan fingerprint density at radius 1 is 0.525 bits per heavy atom. The molecular formula is C48H95NO10. The summed E-state index contributed by atoms with van der Waals surface area (Å²) >= 11 is 0. The highest BCUT2D eigenvalue weighted by Crippen LogP contribution is 2.23. The van der Waals surface area contributed by atoms with Gasteiger partial charge in [0.15, 0.2) is 6.29 Å². The van der Waals surface area contributed by atoms with Crippen LogP contribution in [0.2, 0.25) is 0 Å². The molecule has 0 saturated carbocycles. The van der Waals surface area contributed by atoms with Crippen molar-refractivity contribution >= 4 is 5.91 Å². The van der Waals surface area contributed by atoms with Crippen LogP contribution in [0.5, 0.6) is 0 Å². The van der Waals surface area contributed by atoms with Crippen molar-refractivity contribution in [3.63, 3.8) is 0 Å². The number of amides is 1. The molecule has 352 valence electrons. The normalized spacial score (nSPS) is 21.7. The van der Waals surface area contributed by atoms with E-state index in [1.165, 1.54) is 154 Å². The van der Waals surface area contributed by atoms with E-state index in [9.17, 15) is 40.5 Å². The van der Waals surface area contributed by atoms with Crippen molar-refractivity contribution in [2.45, 2.75) is 287 Å². The Bertz CT molecular complexity index is 928. The van der Waals surface area contributed by atoms with Gasteiger partial charge in [0.25, 0.3) is 0 Å². The molecule has 1 aliphatic heterocycles. The fourth-order valence-corrected chi connectivity index (χ4v) is 8.27. The van der Waals surface area contributed by atoms with Crippen molar-refractivity contribution in [2.24, 2.45) is 0 Å². The molecule has 0 aromatic carbocycles. The lowest BCUT2D eigenvalue weighted by Crippen LogP contribution is -2.60. The van der Waals surface area contributed by atoms with Gasteiger partial charge in [0.05, 0.1) is 25.4 Å². The summed E-state index contributed by atoms with van der Waals surface area (Å²) in [5.41, 5.74) is 0. The van der Waals surface area contributed by atoms with Crippen molar-refractivity contribution < 1.29 is 50.0 Å². The molecule has 11 nitrogen and oxygen atoms in total. The molecule has 0 aromatic heterocycles. The lowest BCUT2D eigenvalue weighted by molar-refractivity contribution is -0.303. The number of unbranched alkanes of at least 4 members (excludes halogenated alkanes) is 30. The number of nitrogens with one attached hydrogen (secondary N) is 1. The Morgan fingerprint density at radius 2 is 0.881 bits per heavy atom. The van der Waals surface area contributed by atoms with Crippen molar-refractivity contribution in [3.8, 4) is 0 Å². The number of hydrogen-bond acceptors (Lipinski definition) is 10. The van der Waals surface area contributed by atoms with E-state index in [1.54, 1.807) is 0 Å². The summed E-state index contributed by atoms with van der Waals surface area (Å²) in [6, 6.07) is -1.16. The molecule has 1 saturated heterocycles. The number of carbonyl (C=O) groups is 1. The molecule has 11 heteroatoms. The number of carbonyl (C=O) groups excluding carboxylic acids is 1. The Hall–Kier alpha value is -0.890. The van der Waals surface area contributed by atoms with Crippen LogP contribution in [0.25, 0.3) is 0 Å². The first kappa shape index (κ1) is 56.1. The Kier molecular flexibility index (Phi) is 36.9. The maximum atomic E-state index is 13.0. The largest absolute Gasteiger partial charge is 0.394 e. The van der Waals surface area contributed by atoms with E-state index < -0.39 is 74.2 Å². The van der Waals surface area contributed by atoms with Gasteiger partial charge in [0.2, 0.25) is 5.91 Å². The molecule has 0 aliphatic carbocycles. The zero-order chi connectivity index (χ0) is 43.4. The second-order valence-corrected chi connectivity index (χ2v) is 17.9. The van der Waals surface area contributed by atoms with Gasteiger partial charge in [-0.25, -0.2) is 0 Å². The van der Waals surface area contributed by atoms with E-state index in [-0.39, 0.29) is 6.42 Å². The van der Waals surface area contributed by atoms with Crippen LogP contribution in [-0.4, -0.2) is 110 Å². The molecule has 1 fully saturated rings. The van der Waals surface area contributed by atoms with Gasteiger partial charge in [0.1, 0.15) is 36.6 Å². The van der Waals surface area contributed by atoms with Crippen LogP contribution < -0.4 is 5.32 Å². The van der Waals surface area contributed by atoms with Crippen molar-refractivity contribution in [2.75, 3.05) is 13.2 Å². The second kappa shape index (κ2) is 38.8. The average Bonchev–Trinajstić information content (AvgIpc) is 3.23. The number of aliphatic hydroxyl groups excluding tert-OH is 7. The van der Waals surface area contributed by atoms with Crippen molar-refractivity contribution in [1.82, 2.24) is 5.32 Å². The number of ether oxygens (including phenoxy) is 2. The van der Waals surface area contributed by atoms with E-state index in [1.807, 2.05) is 0 Å². The van der Waals surface area contributed by atoms with E-state index >= 15 is 0 Å². The summed E-state index contributed by atoms with van der Waals surface area (Å²) in [6.07, 6.45) is 28.9. The molecule has 0 radical (unpaired) electrons. The minimum atomic E-state index is -1.66. The molecule has 1 rings (SSSR count). The smallest absolute Gasteiger partial charge is 0.249 e. The van der Waals surface area contributed by atoms with Gasteiger partial charge in [-0.2, -0.15) is 0 Å². The predicted molar refractivity (Wildman–Crippen MR) is 238 cm³/mol. The fourth-order valence-electron chi connectivity index (χ4n) is 8.27. The fraction of sp³-hybridized carbons (Fsp3) is 0.979. The first-order chi connectivity index (χ1) is 28.7. The average molecular weight is 846 g/mol. The molecular weight excluding hydrogens is 751 g/mol. The quantitative estimate of drug-likeness (QED) is 0.0276. The highest BCUT2D eigenvalue weighted by Gasteiger charge is 2.44. The van der Waals surface area contributed by atoms with Gasteiger partial charge in [-0.05, 0) is 12.8 Å². The van der Waals surface area contributed by atoms with Crippen LogP contribution in [-0.2, 0) is 14.3 Å². The number of rotatable bonds is 42. The maximum Gasteiger partial charge on any atom is 0.249 e. The monoisotopic (exact) mass is 846 g/mol. The SMILES string of the molecule is CCCCCCCCCCCCCCCCCCCCCCCCCC(O)C(O)C(COC1OC(CO)C(O)C(O)C1O)NC(=O)C(O)CCCCCCCCCCC. The van der Waals surface area contributed by atoms with Crippen LogP contribution >= 0.6 is 0 Å². The predicted octanol–water partition coefficient (Wildman–Crippen LogP) is 8.67. The summed E-state index contributed by atoms with van der Waals surface area (Å²) in [5.74, 6) is -0.696. The van der Waals surface area contributed by atoms with E-state index in [4.69, 9.17) is 9.47 Å². The number of hydrogen-bond donors (Lipinski definition) is 8. The van der Waals surface area contributed by atoms with Crippen LogP contribution in [0, 0.1) is 0 Å². The molecule has 59 heavy (non-hydrogen) atoms. The van der Waals surface area contributed by atoms with Gasteiger partial charge in [-0.1, -0.05) is 219 Å². The summed E-state index contributed by atoms with van der Waals surface area (Å²) < 4.78 is 11.1. The van der Waals surface area contributed by atoms with Crippen LogP contribution in [0.4, 0.5) is 0 Å². The minimum Gasteiger partial charge on any atom is -0.394 e. The summed E-state index contributed by atoms with van der Waals surface area (Å²) in [7, 11) is 0. The highest BCUT2D eigenvalue weighted by molar-refractivity contribution is 5.80. The summed E-state index contributed by atoms with van der Waals surface area (Å²) in [4.78, 5) is 13.0.